The molecule has 1 aromatic carbocycles. The number of benzene rings is 1. The van der Waals surface area contributed by atoms with Gasteiger partial charge in [-0.15, -0.1) is 0 Å². The van der Waals surface area contributed by atoms with Crippen molar-refractivity contribution < 1.29 is 29.0 Å². The lowest BCUT2D eigenvalue weighted by atomic mass is 10.0. The molecule has 5 N–H and O–H groups in total. The molecule has 0 radical (unpaired) electrons. The molecule has 4 saturated heterocycles. The molecular formula is C27H38N4O6S2. The quantitative estimate of drug-likeness (QED) is 0.144. The minimum Gasteiger partial charge on any atom is -0.481 e. The van der Waals surface area contributed by atoms with Gasteiger partial charge in [-0.3, -0.25) is 9.59 Å². The summed E-state index contributed by atoms with van der Waals surface area (Å²) in [5, 5.41) is 21.2. The van der Waals surface area contributed by atoms with Gasteiger partial charge in [0, 0.05) is 34.8 Å². The van der Waals surface area contributed by atoms with Crippen molar-refractivity contribution in [2.24, 2.45) is 0 Å². The molecule has 0 saturated carbocycles. The van der Waals surface area contributed by atoms with Crippen molar-refractivity contribution in [3.8, 4) is 0 Å². The normalized spacial score (nSPS) is 28.2. The van der Waals surface area contributed by atoms with E-state index in [9.17, 15) is 19.2 Å². The van der Waals surface area contributed by atoms with Crippen LogP contribution in [0.2, 0.25) is 0 Å². The van der Waals surface area contributed by atoms with E-state index in [1.54, 1.807) is 0 Å². The van der Waals surface area contributed by atoms with E-state index in [-0.39, 0.29) is 48.6 Å². The molecule has 0 spiro atoms. The first-order valence-electron chi connectivity index (χ1n) is 13.7. The summed E-state index contributed by atoms with van der Waals surface area (Å²) in [6.45, 7) is 0.347. The van der Waals surface area contributed by atoms with Crippen molar-refractivity contribution in [1.29, 1.82) is 0 Å². The second-order valence-electron chi connectivity index (χ2n) is 10.3. The average molecular weight is 579 g/mol. The molecule has 4 heterocycles. The summed E-state index contributed by atoms with van der Waals surface area (Å²) in [5.74, 6) is 1.08. The molecule has 214 valence electrons. The van der Waals surface area contributed by atoms with Gasteiger partial charge in [-0.25, -0.2) is 9.59 Å². The van der Waals surface area contributed by atoms with Gasteiger partial charge in [0.1, 0.15) is 6.61 Å². The molecule has 0 aromatic heterocycles. The monoisotopic (exact) mass is 578 g/mol. The number of carbonyl (C=O) groups excluding carboxylic acids is 3. The maximum absolute atomic E-state index is 11.7. The number of carbonyl (C=O) groups is 4. The number of carboxylic acid groups (broad SMARTS) is 1. The Morgan fingerprint density at radius 1 is 0.795 bits per heavy atom. The van der Waals surface area contributed by atoms with Crippen LogP contribution in [-0.4, -0.2) is 75.3 Å². The minimum absolute atomic E-state index is 0.0465. The van der Waals surface area contributed by atoms with Crippen molar-refractivity contribution in [3.05, 3.63) is 35.9 Å². The van der Waals surface area contributed by atoms with Crippen LogP contribution < -0.4 is 21.3 Å². The molecule has 0 bridgehead atoms. The van der Waals surface area contributed by atoms with E-state index in [2.05, 4.69) is 21.3 Å². The molecule has 4 aliphatic heterocycles. The van der Waals surface area contributed by atoms with E-state index < -0.39 is 5.97 Å². The zero-order valence-electron chi connectivity index (χ0n) is 21.9. The summed E-state index contributed by atoms with van der Waals surface area (Å²) < 4.78 is 5.27. The molecule has 0 unspecified atom stereocenters. The molecule has 1 aromatic rings. The number of rotatable bonds is 12. The van der Waals surface area contributed by atoms with E-state index in [1.807, 2.05) is 53.9 Å². The van der Waals surface area contributed by atoms with Crippen molar-refractivity contribution in [1.82, 2.24) is 21.3 Å². The zero-order valence-corrected chi connectivity index (χ0v) is 23.6. The van der Waals surface area contributed by atoms with Gasteiger partial charge in [0.2, 0.25) is 0 Å². The van der Waals surface area contributed by atoms with Crippen molar-refractivity contribution in [3.63, 3.8) is 0 Å². The van der Waals surface area contributed by atoms with Gasteiger partial charge in [-0.1, -0.05) is 43.2 Å². The molecule has 4 aliphatic rings. The molecule has 12 heteroatoms. The highest BCUT2D eigenvalue weighted by Gasteiger charge is 2.43. The summed E-state index contributed by atoms with van der Waals surface area (Å²) >= 11 is 3.78. The number of unbranched alkanes of at least 4 members (excludes halogenated alkanes) is 2. The lowest BCUT2D eigenvalue weighted by Gasteiger charge is -2.16. The van der Waals surface area contributed by atoms with Crippen LogP contribution in [0.1, 0.15) is 56.9 Å². The summed E-state index contributed by atoms with van der Waals surface area (Å²) in [6.07, 6.45) is 6.19. The van der Waals surface area contributed by atoms with Crippen molar-refractivity contribution >= 4 is 47.5 Å². The van der Waals surface area contributed by atoms with Crippen molar-refractivity contribution in [2.45, 2.75) is 92.6 Å². The van der Waals surface area contributed by atoms with Gasteiger partial charge < -0.3 is 31.1 Å². The van der Waals surface area contributed by atoms with Crippen LogP contribution in [0.3, 0.4) is 0 Å². The standard InChI is InChI=1S/C17H22N2O3S.C10H16N2O3S/c20-15(22-10-12-6-2-1-3-7-12)9-5-4-8-14-16-13(11-23-14)18-17(21)19-16;13-8(14)4-2-1-3-7-9-6(5-16-7)11-10(15)12-9/h1-3,6-7,13-14,16H,4-5,8-11H2,(H2,18,19,21);6-7,9H,1-5H2,(H,13,14)(H2,11,12,15)/t13-,14-,16-;6-,7-,9-/m00/s1. The summed E-state index contributed by atoms with van der Waals surface area (Å²) in [4.78, 5) is 44.5. The third-order valence-electron chi connectivity index (χ3n) is 7.37. The Kier molecular flexibility index (Phi) is 11.1. The Labute approximate surface area is 237 Å². The average Bonchev–Trinajstić information content (AvgIpc) is 3.66. The number of esters is 1. The van der Waals surface area contributed by atoms with Gasteiger partial charge in [-0.2, -0.15) is 23.5 Å². The van der Waals surface area contributed by atoms with Crippen LogP contribution in [0.15, 0.2) is 30.3 Å². The first-order valence-corrected chi connectivity index (χ1v) is 15.8. The lowest BCUT2D eigenvalue weighted by Crippen LogP contribution is -2.36. The molecule has 4 amide bonds. The Hall–Kier alpha value is -2.60. The van der Waals surface area contributed by atoms with Gasteiger partial charge in [-0.05, 0) is 31.2 Å². The number of hydrogen-bond donors (Lipinski definition) is 5. The maximum Gasteiger partial charge on any atom is 0.315 e. The Morgan fingerprint density at radius 3 is 1.87 bits per heavy atom. The van der Waals surface area contributed by atoms with E-state index in [4.69, 9.17) is 9.84 Å². The Morgan fingerprint density at radius 2 is 1.33 bits per heavy atom. The van der Waals surface area contributed by atoms with Crippen LogP contribution in [0.5, 0.6) is 0 Å². The Bertz CT molecular complexity index is 1000. The molecule has 4 fully saturated rings. The number of amides is 4. The fourth-order valence-corrected chi connectivity index (χ4v) is 8.42. The molecular weight excluding hydrogens is 540 g/mol. The van der Waals surface area contributed by atoms with Gasteiger partial charge >= 0.3 is 24.0 Å². The van der Waals surface area contributed by atoms with Crippen LogP contribution in [-0.2, 0) is 20.9 Å². The number of fused-ring (bicyclic) bond motifs is 2. The molecule has 6 atom stereocenters. The summed E-state index contributed by atoms with van der Waals surface area (Å²) in [7, 11) is 0. The minimum atomic E-state index is -0.729. The van der Waals surface area contributed by atoms with E-state index in [0.29, 0.717) is 23.5 Å². The number of aliphatic carboxylic acids is 1. The van der Waals surface area contributed by atoms with E-state index in [1.165, 1.54) is 0 Å². The molecule has 0 aliphatic carbocycles. The third-order valence-corrected chi connectivity index (χ3v) is 10.4. The number of nitrogens with one attached hydrogen (secondary N) is 4. The maximum atomic E-state index is 11.7. The Balaban J connectivity index is 0.000000193. The van der Waals surface area contributed by atoms with E-state index in [0.717, 1.165) is 55.6 Å². The van der Waals surface area contributed by atoms with E-state index >= 15 is 0 Å². The van der Waals surface area contributed by atoms with Gasteiger partial charge in [0.25, 0.3) is 0 Å². The third kappa shape index (κ3) is 8.96. The predicted octanol–water partition coefficient (Wildman–Crippen LogP) is 3.25. The second-order valence-corrected chi connectivity index (χ2v) is 12.8. The topological polar surface area (TPSA) is 146 Å². The lowest BCUT2D eigenvalue weighted by molar-refractivity contribution is -0.145. The van der Waals surface area contributed by atoms with Crippen LogP contribution in [0.25, 0.3) is 0 Å². The highest BCUT2D eigenvalue weighted by atomic mass is 32.2. The largest absolute Gasteiger partial charge is 0.481 e. The summed E-state index contributed by atoms with van der Waals surface area (Å²) in [5.41, 5.74) is 1.01. The highest BCUT2D eigenvalue weighted by Crippen LogP contribution is 2.34. The van der Waals surface area contributed by atoms with Gasteiger partial charge in [0.15, 0.2) is 0 Å². The van der Waals surface area contributed by atoms with Crippen LogP contribution in [0.4, 0.5) is 9.59 Å². The molecule has 39 heavy (non-hydrogen) atoms. The zero-order chi connectivity index (χ0) is 27.6. The second kappa shape index (κ2) is 14.7. The number of hydrogen-bond acceptors (Lipinski definition) is 7. The first kappa shape index (κ1) is 29.4. The smallest absolute Gasteiger partial charge is 0.315 e. The molecule has 5 rings (SSSR count). The number of ether oxygens (including phenoxy) is 1. The molecule has 10 nitrogen and oxygen atoms in total. The number of thioether (sulfide) groups is 2. The number of urea groups is 2. The highest BCUT2D eigenvalue weighted by molar-refractivity contribution is 8.00. The SMILES string of the molecule is O=C(O)CCCC[C@@H]1SC[C@@H]2NC(=O)N[C@@H]21.O=C1N[C@H]2[C@H](CS[C@H]2CCCCC(=O)OCc2ccccc2)N1. The van der Waals surface area contributed by atoms with Crippen molar-refractivity contribution in [2.75, 3.05) is 11.5 Å². The summed E-state index contributed by atoms with van der Waals surface area (Å²) in [6, 6.07) is 10.6. The first-order chi connectivity index (χ1) is 18.9. The van der Waals surface area contributed by atoms with Gasteiger partial charge in [0.05, 0.1) is 24.2 Å². The van der Waals surface area contributed by atoms with Crippen LogP contribution >= 0.6 is 23.5 Å². The fourth-order valence-electron chi connectivity index (χ4n) is 5.33. The van der Waals surface area contributed by atoms with Crippen LogP contribution in [0, 0.1) is 0 Å². The fraction of sp³-hybridized carbons (Fsp3) is 0.630. The number of carboxylic acids is 1. The predicted molar refractivity (Wildman–Crippen MR) is 152 cm³/mol.